The summed E-state index contributed by atoms with van der Waals surface area (Å²) in [4.78, 5) is 0. The fraction of sp³-hybridized carbons (Fsp3) is 0.211. The molecule has 0 aliphatic carbocycles. The highest BCUT2D eigenvalue weighted by atomic mass is 35.5. The number of nitrogens with one attached hydrogen (secondary N) is 1. The van der Waals surface area contributed by atoms with Crippen molar-refractivity contribution in [2.24, 2.45) is 0 Å². The van der Waals surface area contributed by atoms with Gasteiger partial charge in [0.25, 0.3) is 0 Å². The summed E-state index contributed by atoms with van der Waals surface area (Å²) < 4.78 is 2.00. The summed E-state index contributed by atoms with van der Waals surface area (Å²) in [5.41, 5.74) is 6.84. The van der Waals surface area contributed by atoms with Gasteiger partial charge in [-0.25, -0.2) is 4.68 Å². The Kier molecular flexibility index (Phi) is 3.38. The third kappa shape index (κ3) is 2.32. The number of hydrogen-bond acceptors (Lipinski definition) is 2. The van der Waals surface area contributed by atoms with Crippen molar-refractivity contribution < 1.29 is 0 Å². The van der Waals surface area contributed by atoms with Crippen LogP contribution in [0.4, 0.5) is 5.82 Å². The molecule has 0 bridgehead atoms. The fourth-order valence-corrected chi connectivity index (χ4v) is 3.29. The quantitative estimate of drug-likeness (QED) is 0.735. The number of fused-ring (bicyclic) bond motifs is 1. The van der Waals surface area contributed by atoms with Crippen LogP contribution in [0.15, 0.2) is 42.5 Å². The number of hydrogen-bond donors (Lipinski definition) is 1. The summed E-state index contributed by atoms with van der Waals surface area (Å²) in [6, 6.07) is 14.5. The van der Waals surface area contributed by atoms with Gasteiger partial charge in [0.1, 0.15) is 5.82 Å². The molecule has 0 atom stereocenters. The molecule has 4 rings (SSSR count). The second-order valence-electron chi connectivity index (χ2n) is 6.01. The van der Waals surface area contributed by atoms with Gasteiger partial charge in [-0.15, -0.1) is 0 Å². The second-order valence-corrected chi connectivity index (χ2v) is 6.42. The molecule has 1 aliphatic heterocycles. The molecule has 0 saturated heterocycles. The molecular formula is C19H18ClN3. The number of aryl methyl sites for hydroxylation is 1. The van der Waals surface area contributed by atoms with Crippen LogP contribution in [-0.2, 0) is 6.42 Å². The van der Waals surface area contributed by atoms with Crippen LogP contribution in [-0.4, -0.2) is 16.3 Å². The molecule has 0 fully saturated rings. The monoisotopic (exact) mass is 323 g/mol. The summed E-state index contributed by atoms with van der Waals surface area (Å²) in [5, 5.41) is 9.14. The molecule has 1 aromatic heterocycles. The first-order valence-corrected chi connectivity index (χ1v) is 8.21. The summed E-state index contributed by atoms with van der Waals surface area (Å²) in [7, 11) is 0. The lowest BCUT2D eigenvalue weighted by Gasteiger charge is -2.10. The van der Waals surface area contributed by atoms with Crippen molar-refractivity contribution in [2.45, 2.75) is 20.3 Å². The predicted octanol–water partition coefficient (Wildman–Crippen LogP) is 4.78. The SMILES string of the molecule is Cc1ccc(-c2nn(-c3cccc(Cl)c3C)c3c2CCN3)cc1. The highest BCUT2D eigenvalue weighted by Crippen LogP contribution is 2.36. The van der Waals surface area contributed by atoms with Crippen LogP contribution >= 0.6 is 11.6 Å². The molecule has 0 saturated carbocycles. The number of aromatic nitrogens is 2. The lowest BCUT2D eigenvalue weighted by atomic mass is 10.1. The first-order chi connectivity index (χ1) is 11.1. The minimum absolute atomic E-state index is 0.765. The molecule has 3 nitrogen and oxygen atoms in total. The molecule has 2 aromatic carbocycles. The third-order valence-corrected chi connectivity index (χ3v) is 4.85. The number of benzene rings is 2. The Morgan fingerprint density at radius 2 is 1.87 bits per heavy atom. The van der Waals surface area contributed by atoms with E-state index in [-0.39, 0.29) is 0 Å². The molecule has 0 unspecified atom stereocenters. The van der Waals surface area contributed by atoms with Crippen LogP contribution in [0.2, 0.25) is 5.02 Å². The molecule has 0 radical (unpaired) electrons. The zero-order valence-corrected chi connectivity index (χ0v) is 14.0. The van der Waals surface area contributed by atoms with Gasteiger partial charge in [0.2, 0.25) is 0 Å². The van der Waals surface area contributed by atoms with E-state index in [0.29, 0.717) is 0 Å². The van der Waals surface area contributed by atoms with E-state index >= 15 is 0 Å². The largest absolute Gasteiger partial charge is 0.369 e. The van der Waals surface area contributed by atoms with Gasteiger partial charge in [-0.2, -0.15) is 5.10 Å². The average Bonchev–Trinajstić information content (AvgIpc) is 3.14. The molecule has 116 valence electrons. The molecule has 4 heteroatoms. The Hall–Kier alpha value is -2.26. The van der Waals surface area contributed by atoms with Crippen molar-refractivity contribution in [2.75, 3.05) is 11.9 Å². The Morgan fingerprint density at radius 1 is 1.09 bits per heavy atom. The number of rotatable bonds is 2. The number of halogens is 1. The van der Waals surface area contributed by atoms with E-state index < -0.39 is 0 Å². The zero-order valence-electron chi connectivity index (χ0n) is 13.2. The third-order valence-electron chi connectivity index (χ3n) is 4.44. The van der Waals surface area contributed by atoms with E-state index in [4.69, 9.17) is 16.7 Å². The van der Waals surface area contributed by atoms with Crippen molar-refractivity contribution in [3.63, 3.8) is 0 Å². The Balaban J connectivity index is 1.91. The van der Waals surface area contributed by atoms with Crippen molar-refractivity contribution in [3.8, 4) is 16.9 Å². The standard InChI is InChI=1S/C19H18ClN3/c1-12-6-8-14(9-7-12)18-15-10-11-21-19(15)23(22-18)17-5-3-4-16(20)13(17)2/h3-9,21H,10-11H2,1-2H3. The Labute approximate surface area is 140 Å². The van der Waals surface area contributed by atoms with Crippen LogP contribution in [0, 0.1) is 13.8 Å². The normalized spacial score (nSPS) is 13.0. The van der Waals surface area contributed by atoms with Crippen molar-refractivity contribution >= 4 is 17.4 Å². The van der Waals surface area contributed by atoms with E-state index in [1.807, 2.05) is 23.7 Å². The van der Waals surface area contributed by atoms with Crippen LogP contribution < -0.4 is 5.32 Å². The van der Waals surface area contributed by atoms with Crippen LogP contribution in [0.3, 0.4) is 0 Å². The van der Waals surface area contributed by atoms with Crippen LogP contribution in [0.1, 0.15) is 16.7 Å². The first-order valence-electron chi connectivity index (χ1n) is 7.83. The van der Waals surface area contributed by atoms with E-state index in [0.717, 1.165) is 46.3 Å². The van der Waals surface area contributed by atoms with Gasteiger partial charge < -0.3 is 5.32 Å². The smallest absolute Gasteiger partial charge is 0.133 e. The maximum absolute atomic E-state index is 6.29. The van der Waals surface area contributed by atoms with Crippen LogP contribution in [0.5, 0.6) is 0 Å². The van der Waals surface area contributed by atoms with Crippen LogP contribution in [0.25, 0.3) is 16.9 Å². The van der Waals surface area contributed by atoms with E-state index in [2.05, 4.69) is 42.6 Å². The van der Waals surface area contributed by atoms with Crippen molar-refractivity contribution in [1.82, 2.24) is 9.78 Å². The Morgan fingerprint density at radius 3 is 2.65 bits per heavy atom. The molecule has 1 aliphatic rings. The number of anilines is 1. The van der Waals surface area contributed by atoms with Gasteiger partial charge >= 0.3 is 0 Å². The maximum atomic E-state index is 6.29. The lowest BCUT2D eigenvalue weighted by Crippen LogP contribution is -2.05. The van der Waals surface area contributed by atoms with Gasteiger partial charge in [-0.3, -0.25) is 0 Å². The molecule has 0 spiro atoms. The highest BCUT2D eigenvalue weighted by Gasteiger charge is 2.24. The van der Waals surface area contributed by atoms with Gasteiger partial charge in [0, 0.05) is 22.7 Å². The zero-order chi connectivity index (χ0) is 16.0. The fourth-order valence-electron chi connectivity index (χ4n) is 3.12. The lowest BCUT2D eigenvalue weighted by molar-refractivity contribution is 0.875. The maximum Gasteiger partial charge on any atom is 0.133 e. The topological polar surface area (TPSA) is 29.9 Å². The minimum atomic E-state index is 0.765. The van der Waals surface area contributed by atoms with Crippen molar-refractivity contribution in [3.05, 3.63) is 64.2 Å². The average molecular weight is 324 g/mol. The number of nitrogens with zero attached hydrogens (tertiary/aromatic N) is 2. The summed E-state index contributed by atoms with van der Waals surface area (Å²) in [6.45, 7) is 5.08. The van der Waals surface area contributed by atoms with Gasteiger partial charge in [-0.05, 0) is 38.0 Å². The molecule has 23 heavy (non-hydrogen) atoms. The molecule has 2 heterocycles. The molecular weight excluding hydrogens is 306 g/mol. The van der Waals surface area contributed by atoms with E-state index in [1.165, 1.54) is 11.1 Å². The van der Waals surface area contributed by atoms with Gasteiger partial charge in [-0.1, -0.05) is 47.5 Å². The Bertz CT molecular complexity index is 878. The summed E-state index contributed by atoms with van der Waals surface area (Å²) >= 11 is 6.29. The first kappa shape index (κ1) is 14.3. The molecule has 0 amide bonds. The highest BCUT2D eigenvalue weighted by molar-refractivity contribution is 6.31. The predicted molar refractivity (Wildman–Crippen MR) is 95.7 cm³/mol. The van der Waals surface area contributed by atoms with E-state index in [9.17, 15) is 0 Å². The van der Waals surface area contributed by atoms with E-state index in [1.54, 1.807) is 0 Å². The summed E-state index contributed by atoms with van der Waals surface area (Å²) in [5.74, 6) is 1.09. The second kappa shape index (κ2) is 5.43. The minimum Gasteiger partial charge on any atom is -0.369 e. The molecule has 3 aromatic rings. The molecule has 1 N–H and O–H groups in total. The van der Waals surface area contributed by atoms with Crippen molar-refractivity contribution in [1.29, 1.82) is 0 Å². The van der Waals surface area contributed by atoms with Gasteiger partial charge in [0.15, 0.2) is 0 Å². The van der Waals surface area contributed by atoms with Gasteiger partial charge in [0.05, 0.1) is 11.4 Å². The summed E-state index contributed by atoms with van der Waals surface area (Å²) in [6.07, 6.45) is 0.998.